The van der Waals surface area contributed by atoms with Crippen molar-refractivity contribution in [2.45, 2.75) is 39.0 Å². The summed E-state index contributed by atoms with van der Waals surface area (Å²) in [6, 6.07) is 7.76. The van der Waals surface area contributed by atoms with Gasteiger partial charge in [-0.15, -0.1) is 0 Å². The van der Waals surface area contributed by atoms with Crippen LogP contribution in [0.4, 0.5) is 0 Å². The van der Waals surface area contributed by atoms with Crippen LogP contribution < -0.4 is 24.0 Å². The van der Waals surface area contributed by atoms with E-state index in [0.29, 0.717) is 12.3 Å². The van der Waals surface area contributed by atoms with Crippen LogP contribution in [-0.4, -0.2) is 5.97 Å². The minimum atomic E-state index is -0.991. The van der Waals surface area contributed by atoms with Gasteiger partial charge in [0.05, 0.1) is 0 Å². The molecule has 82 valence electrons. The van der Waals surface area contributed by atoms with Crippen LogP contribution in [0.3, 0.4) is 0 Å². The van der Waals surface area contributed by atoms with E-state index >= 15 is 0 Å². The maximum atomic E-state index is 10.8. The zero-order valence-corrected chi connectivity index (χ0v) is 10.5. The number of hydrogen-bond donors (Lipinski definition) is 0. The molecule has 0 radical (unpaired) electrons. The van der Waals surface area contributed by atoms with Crippen molar-refractivity contribution < 1.29 is 28.8 Å². The summed E-state index contributed by atoms with van der Waals surface area (Å²) in [7, 11) is 0. The third-order valence-electron chi connectivity index (χ3n) is 2.70. The molecule has 1 atom stereocenters. The van der Waals surface area contributed by atoms with E-state index < -0.39 is 11.9 Å². The summed E-state index contributed by atoms with van der Waals surface area (Å²) in [6.07, 6.45) is 0.573. The van der Waals surface area contributed by atoms with E-state index in [-0.39, 0.29) is 18.9 Å². The van der Waals surface area contributed by atoms with Crippen molar-refractivity contribution in [2.75, 3.05) is 0 Å². The smallest absolute Gasteiger partial charge is 0.549 e. The van der Waals surface area contributed by atoms with Crippen LogP contribution in [0, 0.1) is 0 Å². The monoisotopic (exact) mass is 212 g/mol. The van der Waals surface area contributed by atoms with E-state index in [4.69, 9.17) is 0 Å². The fourth-order valence-electron chi connectivity index (χ4n) is 1.65. The Morgan fingerprint density at radius 1 is 1.19 bits per heavy atom. The standard InChI is InChI=1S/C13H18O2.Li/c1-4-12(13(14)15)11-7-5-10(6-8-11)9(2)3;/h5-9,12H,4H2,1-3H3,(H,14,15);/q;+1/p-1. The summed E-state index contributed by atoms with van der Waals surface area (Å²) in [5.74, 6) is -0.997. The van der Waals surface area contributed by atoms with Crippen molar-refractivity contribution in [3.05, 3.63) is 35.4 Å². The molecule has 0 saturated heterocycles. The van der Waals surface area contributed by atoms with Gasteiger partial charge >= 0.3 is 18.9 Å². The van der Waals surface area contributed by atoms with E-state index in [1.165, 1.54) is 5.56 Å². The Labute approximate surface area is 109 Å². The van der Waals surface area contributed by atoms with Gasteiger partial charge < -0.3 is 9.90 Å². The molecule has 0 fully saturated rings. The summed E-state index contributed by atoms with van der Waals surface area (Å²) < 4.78 is 0. The molecule has 1 rings (SSSR count). The molecule has 0 heterocycles. The number of rotatable bonds is 4. The normalized spacial score (nSPS) is 12.0. The van der Waals surface area contributed by atoms with Crippen LogP contribution in [0.2, 0.25) is 0 Å². The maximum absolute atomic E-state index is 10.8. The van der Waals surface area contributed by atoms with Crippen molar-refractivity contribution in [2.24, 2.45) is 0 Å². The molecule has 0 aliphatic carbocycles. The largest absolute Gasteiger partial charge is 1.00 e. The number of hydrogen-bond acceptors (Lipinski definition) is 2. The van der Waals surface area contributed by atoms with Gasteiger partial charge in [0.25, 0.3) is 0 Å². The molecule has 0 saturated carbocycles. The third-order valence-corrected chi connectivity index (χ3v) is 2.70. The summed E-state index contributed by atoms with van der Waals surface area (Å²) in [4.78, 5) is 10.8. The fraction of sp³-hybridized carbons (Fsp3) is 0.462. The van der Waals surface area contributed by atoms with E-state index in [2.05, 4.69) is 13.8 Å². The van der Waals surface area contributed by atoms with Crippen LogP contribution in [0.5, 0.6) is 0 Å². The second-order valence-electron chi connectivity index (χ2n) is 4.10. The Bertz CT molecular complexity index is 330. The molecule has 0 aromatic heterocycles. The zero-order chi connectivity index (χ0) is 11.4. The summed E-state index contributed by atoms with van der Waals surface area (Å²) >= 11 is 0. The van der Waals surface area contributed by atoms with Gasteiger partial charge in [-0.3, -0.25) is 0 Å². The molecule has 2 nitrogen and oxygen atoms in total. The first kappa shape index (κ1) is 15.3. The SMILES string of the molecule is CCC(C(=O)[O-])c1ccc(C(C)C)cc1.[Li+]. The first-order chi connectivity index (χ1) is 7.06. The molecule has 0 amide bonds. The van der Waals surface area contributed by atoms with Crippen LogP contribution >= 0.6 is 0 Å². The molecule has 0 bridgehead atoms. The second-order valence-corrected chi connectivity index (χ2v) is 4.10. The Balaban J connectivity index is 0.00000225. The van der Waals surface area contributed by atoms with Gasteiger partial charge in [-0.1, -0.05) is 45.0 Å². The first-order valence-corrected chi connectivity index (χ1v) is 5.37. The summed E-state index contributed by atoms with van der Waals surface area (Å²) in [5.41, 5.74) is 2.06. The van der Waals surface area contributed by atoms with E-state index in [1.54, 1.807) is 0 Å². The summed E-state index contributed by atoms with van der Waals surface area (Å²) in [5, 5.41) is 10.8. The average molecular weight is 212 g/mol. The number of benzene rings is 1. The first-order valence-electron chi connectivity index (χ1n) is 5.37. The number of aliphatic carboxylic acids is 1. The molecule has 16 heavy (non-hydrogen) atoms. The predicted octanol–water partition coefficient (Wildman–Crippen LogP) is -0.942. The van der Waals surface area contributed by atoms with Crippen LogP contribution in [-0.2, 0) is 4.79 Å². The average Bonchev–Trinajstić information content (AvgIpc) is 2.19. The molecule has 0 N–H and O–H groups in total. The fourth-order valence-corrected chi connectivity index (χ4v) is 1.65. The number of carbonyl (C=O) groups is 1. The minimum Gasteiger partial charge on any atom is -0.549 e. The molecular weight excluding hydrogens is 195 g/mol. The van der Waals surface area contributed by atoms with Gasteiger partial charge in [-0.25, -0.2) is 0 Å². The van der Waals surface area contributed by atoms with Crippen LogP contribution in [0.25, 0.3) is 0 Å². The van der Waals surface area contributed by atoms with Crippen molar-refractivity contribution in [1.82, 2.24) is 0 Å². The molecule has 1 aromatic rings. The number of carboxylic acids is 1. The van der Waals surface area contributed by atoms with E-state index in [1.807, 2.05) is 31.2 Å². The van der Waals surface area contributed by atoms with Gasteiger partial charge in [0.15, 0.2) is 0 Å². The van der Waals surface area contributed by atoms with E-state index in [9.17, 15) is 9.90 Å². The van der Waals surface area contributed by atoms with Gasteiger partial charge in [0.2, 0.25) is 0 Å². The molecule has 1 aromatic carbocycles. The second kappa shape index (κ2) is 6.78. The Morgan fingerprint density at radius 3 is 1.94 bits per heavy atom. The number of carboxylic acid groups (broad SMARTS) is 1. The van der Waals surface area contributed by atoms with Crippen molar-refractivity contribution in [1.29, 1.82) is 0 Å². The molecular formula is C13H17LiO2. The van der Waals surface area contributed by atoms with Crippen molar-refractivity contribution >= 4 is 5.97 Å². The van der Waals surface area contributed by atoms with E-state index in [0.717, 1.165) is 5.56 Å². The quantitative estimate of drug-likeness (QED) is 0.604. The molecule has 1 unspecified atom stereocenters. The predicted molar refractivity (Wildman–Crippen MR) is 58.6 cm³/mol. The minimum absolute atomic E-state index is 0. The van der Waals surface area contributed by atoms with Crippen LogP contribution in [0.1, 0.15) is 50.2 Å². The molecule has 0 spiro atoms. The van der Waals surface area contributed by atoms with Gasteiger partial charge in [-0.2, -0.15) is 0 Å². The van der Waals surface area contributed by atoms with Gasteiger partial charge in [-0.05, 0) is 23.5 Å². The summed E-state index contributed by atoms with van der Waals surface area (Å²) in [6.45, 7) is 6.09. The third kappa shape index (κ3) is 3.70. The number of carbonyl (C=O) groups excluding carboxylic acids is 1. The zero-order valence-electron chi connectivity index (χ0n) is 10.5. The Kier molecular flexibility index (Phi) is 6.48. The Hall–Kier alpha value is -0.713. The van der Waals surface area contributed by atoms with Gasteiger partial charge in [0.1, 0.15) is 0 Å². The molecule has 0 aliphatic heterocycles. The molecule has 3 heteroatoms. The van der Waals surface area contributed by atoms with Crippen LogP contribution in [0.15, 0.2) is 24.3 Å². The maximum Gasteiger partial charge on any atom is 1.00 e. The Morgan fingerprint density at radius 2 is 1.62 bits per heavy atom. The van der Waals surface area contributed by atoms with Crippen molar-refractivity contribution in [3.8, 4) is 0 Å². The topological polar surface area (TPSA) is 40.1 Å². The van der Waals surface area contributed by atoms with Crippen molar-refractivity contribution in [3.63, 3.8) is 0 Å². The molecule has 0 aliphatic rings. The van der Waals surface area contributed by atoms with Gasteiger partial charge in [0, 0.05) is 11.9 Å².